The number of hydrogen-bond donors (Lipinski definition) is 1. The van der Waals surface area contributed by atoms with E-state index >= 15 is 0 Å². The maximum Gasteiger partial charge on any atom is 0.270 e. The van der Waals surface area contributed by atoms with Crippen molar-refractivity contribution < 1.29 is 19.1 Å². The Bertz CT molecular complexity index is 1450. The molecule has 228 valence electrons. The quantitative estimate of drug-likeness (QED) is 0.165. The Morgan fingerprint density at radius 2 is 1.63 bits per heavy atom. The van der Waals surface area contributed by atoms with Crippen LogP contribution in [0, 0.1) is 0 Å². The van der Waals surface area contributed by atoms with E-state index in [2.05, 4.69) is 16.8 Å². The van der Waals surface area contributed by atoms with E-state index in [4.69, 9.17) is 27.4 Å². The third kappa shape index (κ3) is 9.18. The molecule has 2 N–H and O–H groups in total. The number of nitrogens with two attached hydrogens (primary N) is 1. The topological polar surface area (TPSA) is 88.3 Å². The third-order valence-electron chi connectivity index (χ3n) is 6.90. The predicted octanol–water partition coefficient (Wildman–Crippen LogP) is 5.84. The number of benzene rings is 3. The standard InChI is InChI=1S/C31H32N4O4S2.2ClH/c1-33-15-17-34(18-16-33)14-3-19-38-25-12-8-24(9-13-25)35-30(37)28(41-31(35)40)20-22-6-10-26(11-7-22)39-27-5-2-4-23(21-27)29(32)36;;/h2,4-13,20-21H,3,14-19H2,1H3,(H2,32,36);2*1H. The molecule has 0 unspecified atom stereocenters. The molecule has 5 rings (SSSR count). The van der Waals surface area contributed by atoms with Gasteiger partial charge in [0.15, 0.2) is 4.32 Å². The number of thiocarbonyl (C=S) groups is 1. The van der Waals surface area contributed by atoms with Crippen molar-refractivity contribution in [1.82, 2.24) is 9.80 Å². The Labute approximate surface area is 274 Å². The van der Waals surface area contributed by atoms with Crippen LogP contribution in [0.3, 0.4) is 0 Å². The van der Waals surface area contributed by atoms with Gasteiger partial charge < -0.3 is 25.0 Å². The van der Waals surface area contributed by atoms with E-state index in [0.717, 1.165) is 50.5 Å². The van der Waals surface area contributed by atoms with Crippen molar-refractivity contribution in [2.75, 3.05) is 51.3 Å². The van der Waals surface area contributed by atoms with Crippen LogP contribution in [0.1, 0.15) is 22.3 Å². The zero-order valence-corrected chi connectivity index (χ0v) is 26.9. The number of rotatable bonds is 10. The van der Waals surface area contributed by atoms with Gasteiger partial charge >= 0.3 is 0 Å². The number of anilines is 1. The van der Waals surface area contributed by atoms with Crippen molar-refractivity contribution in [3.63, 3.8) is 0 Å². The highest BCUT2D eigenvalue weighted by atomic mass is 35.5. The van der Waals surface area contributed by atoms with Gasteiger partial charge in [0.1, 0.15) is 17.2 Å². The normalized spacial score (nSPS) is 16.5. The molecule has 0 aromatic heterocycles. The van der Waals surface area contributed by atoms with E-state index < -0.39 is 5.91 Å². The number of halogens is 2. The number of amides is 2. The molecular weight excluding hydrogens is 627 g/mol. The lowest BCUT2D eigenvalue weighted by Crippen LogP contribution is -2.44. The molecule has 8 nitrogen and oxygen atoms in total. The summed E-state index contributed by atoms with van der Waals surface area (Å²) in [4.78, 5) is 31.6. The number of ether oxygens (including phenoxy) is 2. The Morgan fingerprint density at radius 3 is 2.30 bits per heavy atom. The molecule has 3 aromatic rings. The molecule has 43 heavy (non-hydrogen) atoms. The zero-order valence-electron chi connectivity index (χ0n) is 23.6. The van der Waals surface area contributed by atoms with Gasteiger partial charge in [0.25, 0.3) is 5.91 Å². The Balaban J connectivity index is 0.00000253. The van der Waals surface area contributed by atoms with Crippen molar-refractivity contribution in [3.05, 3.63) is 88.8 Å². The van der Waals surface area contributed by atoms with Gasteiger partial charge in [-0.3, -0.25) is 14.5 Å². The fourth-order valence-corrected chi connectivity index (χ4v) is 5.86. The summed E-state index contributed by atoms with van der Waals surface area (Å²) in [5.41, 5.74) is 7.27. The van der Waals surface area contributed by atoms with E-state index in [0.29, 0.717) is 38.6 Å². The number of piperazine rings is 1. The highest BCUT2D eigenvalue weighted by molar-refractivity contribution is 8.27. The summed E-state index contributed by atoms with van der Waals surface area (Å²) in [5.74, 6) is 1.20. The van der Waals surface area contributed by atoms with Gasteiger partial charge in [-0.1, -0.05) is 42.2 Å². The number of likely N-dealkylation sites (N-methyl/N-ethyl adjacent to an activating group) is 1. The minimum Gasteiger partial charge on any atom is -0.494 e. The summed E-state index contributed by atoms with van der Waals surface area (Å²) in [6.07, 6.45) is 2.79. The van der Waals surface area contributed by atoms with Crippen molar-refractivity contribution in [2.24, 2.45) is 5.73 Å². The average Bonchev–Trinajstić information content (AvgIpc) is 3.25. The van der Waals surface area contributed by atoms with Crippen LogP contribution in [-0.4, -0.2) is 72.3 Å². The van der Waals surface area contributed by atoms with Crippen LogP contribution < -0.4 is 20.1 Å². The third-order valence-corrected chi connectivity index (χ3v) is 8.21. The van der Waals surface area contributed by atoms with Crippen LogP contribution in [0.4, 0.5) is 5.69 Å². The first-order valence-corrected chi connectivity index (χ1v) is 14.7. The summed E-state index contributed by atoms with van der Waals surface area (Å²) in [6, 6.07) is 21.5. The van der Waals surface area contributed by atoms with Crippen molar-refractivity contribution >= 4 is 76.7 Å². The second-order valence-corrected chi connectivity index (χ2v) is 11.6. The molecule has 0 spiro atoms. The summed E-state index contributed by atoms with van der Waals surface area (Å²) in [5, 5.41) is 0. The number of primary amides is 1. The number of carbonyl (C=O) groups excluding carboxylic acids is 2. The smallest absolute Gasteiger partial charge is 0.270 e. The molecule has 2 aliphatic rings. The molecule has 0 aliphatic carbocycles. The molecule has 2 amide bonds. The highest BCUT2D eigenvalue weighted by Gasteiger charge is 2.33. The second kappa shape index (κ2) is 16.1. The van der Waals surface area contributed by atoms with Crippen LogP contribution in [0.2, 0.25) is 0 Å². The summed E-state index contributed by atoms with van der Waals surface area (Å²) in [7, 11) is 2.16. The lowest BCUT2D eigenvalue weighted by Gasteiger charge is -2.32. The number of thioether (sulfide) groups is 1. The van der Waals surface area contributed by atoms with Crippen LogP contribution >= 0.6 is 48.8 Å². The van der Waals surface area contributed by atoms with Crippen LogP contribution in [0.25, 0.3) is 6.08 Å². The molecule has 2 saturated heterocycles. The van der Waals surface area contributed by atoms with Gasteiger partial charge in [0.2, 0.25) is 5.91 Å². The molecule has 2 fully saturated rings. The molecule has 2 heterocycles. The maximum absolute atomic E-state index is 13.2. The Kier molecular flexibility index (Phi) is 12.9. The number of carbonyl (C=O) groups is 2. The molecule has 2 aliphatic heterocycles. The summed E-state index contributed by atoms with van der Waals surface area (Å²) >= 11 is 6.81. The SMILES string of the molecule is CN1CCN(CCCOc2ccc(N3C(=O)C(=Cc4ccc(Oc5cccc(C(N)=O)c5)cc4)SC3=S)cc2)CC1.Cl.Cl. The lowest BCUT2D eigenvalue weighted by atomic mass is 10.2. The average molecular weight is 662 g/mol. The van der Waals surface area contributed by atoms with Gasteiger partial charge in [-0.2, -0.15) is 0 Å². The number of hydrogen-bond acceptors (Lipinski definition) is 8. The second-order valence-electron chi connectivity index (χ2n) is 9.92. The van der Waals surface area contributed by atoms with Crippen LogP contribution in [-0.2, 0) is 4.79 Å². The molecule has 0 atom stereocenters. The fraction of sp³-hybridized carbons (Fsp3) is 0.258. The highest BCUT2D eigenvalue weighted by Crippen LogP contribution is 2.37. The largest absolute Gasteiger partial charge is 0.494 e. The van der Waals surface area contributed by atoms with E-state index in [9.17, 15) is 9.59 Å². The van der Waals surface area contributed by atoms with Crippen molar-refractivity contribution in [3.8, 4) is 17.2 Å². The first kappa shape index (κ1) is 34.4. The van der Waals surface area contributed by atoms with Gasteiger partial charge in [-0.05, 0) is 79.7 Å². The summed E-state index contributed by atoms with van der Waals surface area (Å²) < 4.78 is 12.3. The van der Waals surface area contributed by atoms with Crippen molar-refractivity contribution in [1.29, 1.82) is 0 Å². The number of nitrogens with zero attached hydrogens (tertiary/aromatic N) is 3. The summed E-state index contributed by atoms with van der Waals surface area (Å²) in [6.45, 7) is 6.14. The molecule has 0 bridgehead atoms. The Hall–Kier alpha value is -3.12. The molecule has 3 aromatic carbocycles. The maximum atomic E-state index is 13.2. The molecule has 0 radical (unpaired) electrons. The fourth-order valence-electron chi connectivity index (χ4n) is 4.56. The predicted molar refractivity (Wildman–Crippen MR) is 182 cm³/mol. The minimum atomic E-state index is -0.514. The molecule has 0 saturated carbocycles. The van der Waals surface area contributed by atoms with Crippen LogP contribution in [0.15, 0.2) is 77.7 Å². The van der Waals surface area contributed by atoms with E-state index in [1.807, 2.05) is 42.5 Å². The zero-order chi connectivity index (χ0) is 28.8. The van der Waals surface area contributed by atoms with E-state index in [1.165, 1.54) is 11.8 Å². The van der Waals surface area contributed by atoms with Gasteiger partial charge in [-0.25, -0.2) is 0 Å². The van der Waals surface area contributed by atoms with E-state index in [1.54, 1.807) is 41.3 Å². The first-order valence-electron chi connectivity index (χ1n) is 13.5. The molecule has 12 heteroatoms. The van der Waals surface area contributed by atoms with E-state index in [-0.39, 0.29) is 30.7 Å². The van der Waals surface area contributed by atoms with Gasteiger partial charge in [0, 0.05) is 38.3 Å². The first-order chi connectivity index (χ1) is 19.9. The lowest BCUT2D eigenvalue weighted by molar-refractivity contribution is -0.113. The monoisotopic (exact) mass is 660 g/mol. The van der Waals surface area contributed by atoms with Gasteiger partial charge in [0.05, 0.1) is 17.2 Å². The Morgan fingerprint density at radius 1 is 0.953 bits per heavy atom. The van der Waals surface area contributed by atoms with Crippen LogP contribution in [0.5, 0.6) is 17.2 Å². The van der Waals surface area contributed by atoms with Gasteiger partial charge in [-0.15, -0.1) is 24.8 Å². The molecular formula is C31H34Cl2N4O4S2. The van der Waals surface area contributed by atoms with Crippen molar-refractivity contribution in [2.45, 2.75) is 6.42 Å². The minimum absolute atomic E-state index is 0.